The Morgan fingerprint density at radius 3 is 2.70 bits per heavy atom. The van der Waals surface area contributed by atoms with Gasteiger partial charge >= 0.3 is 0 Å². The highest BCUT2D eigenvalue weighted by molar-refractivity contribution is 9.11. The van der Waals surface area contributed by atoms with Crippen LogP contribution in [-0.2, 0) is 0 Å². The fraction of sp³-hybridized carbons (Fsp3) is 0.190. The molecule has 6 heteroatoms. The lowest BCUT2D eigenvalue weighted by molar-refractivity contribution is -0.0197. The number of thiophene rings is 1. The third-order valence-corrected chi connectivity index (χ3v) is 6.94. The van der Waals surface area contributed by atoms with Gasteiger partial charge in [-0.15, -0.1) is 11.3 Å². The second-order valence-electron chi connectivity index (χ2n) is 6.81. The van der Waals surface area contributed by atoms with Crippen LogP contribution in [0.2, 0.25) is 0 Å². The lowest BCUT2D eigenvalue weighted by Gasteiger charge is -2.38. The van der Waals surface area contributed by atoms with Crippen molar-refractivity contribution in [2.75, 3.05) is 0 Å². The summed E-state index contributed by atoms with van der Waals surface area (Å²) in [4.78, 5) is 1.22. The van der Waals surface area contributed by atoms with Crippen molar-refractivity contribution in [3.8, 4) is 5.75 Å². The van der Waals surface area contributed by atoms with E-state index in [9.17, 15) is 0 Å². The fourth-order valence-corrected chi connectivity index (χ4v) is 5.73. The number of aryl methyl sites for hydroxylation is 1. The van der Waals surface area contributed by atoms with Crippen LogP contribution in [0.1, 0.15) is 40.3 Å². The summed E-state index contributed by atoms with van der Waals surface area (Å²) in [6.45, 7) is 2.10. The van der Waals surface area contributed by atoms with Gasteiger partial charge < -0.3 is 4.74 Å². The molecule has 0 fully saturated rings. The number of halogens is 2. The maximum atomic E-state index is 6.48. The van der Waals surface area contributed by atoms with Crippen molar-refractivity contribution in [1.82, 2.24) is 5.01 Å². The zero-order valence-corrected chi connectivity index (χ0v) is 18.5. The molecule has 0 saturated carbocycles. The summed E-state index contributed by atoms with van der Waals surface area (Å²) in [6.07, 6.45) is 0.639. The van der Waals surface area contributed by atoms with Gasteiger partial charge in [-0.3, -0.25) is 0 Å². The molecule has 3 heterocycles. The molecule has 2 aliphatic rings. The van der Waals surface area contributed by atoms with E-state index < -0.39 is 0 Å². The molecule has 0 spiro atoms. The zero-order valence-electron chi connectivity index (χ0n) is 14.5. The molecule has 0 radical (unpaired) electrons. The first kappa shape index (κ1) is 17.5. The van der Waals surface area contributed by atoms with Crippen molar-refractivity contribution < 1.29 is 4.74 Å². The monoisotopic (exact) mass is 502 g/mol. The van der Waals surface area contributed by atoms with E-state index in [0.717, 1.165) is 38.0 Å². The van der Waals surface area contributed by atoms with Crippen molar-refractivity contribution in [1.29, 1.82) is 0 Å². The number of ether oxygens (including phenoxy) is 1. The van der Waals surface area contributed by atoms with Crippen molar-refractivity contribution in [3.05, 3.63) is 84.4 Å². The van der Waals surface area contributed by atoms with Crippen LogP contribution < -0.4 is 4.74 Å². The number of hydrogen-bond acceptors (Lipinski definition) is 4. The summed E-state index contributed by atoms with van der Waals surface area (Å²) < 4.78 is 8.48. The molecular weight excluding hydrogens is 488 g/mol. The van der Waals surface area contributed by atoms with Gasteiger partial charge in [-0.2, -0.15) is 5.10 Å². The number of nitrogens with zero attached hydrogens (tertiary/aromatic N) is 2. The Hall–Kier alpha value is -1.63. The zero-order chi connectivity index (χ0) is 18.5. The van der Waals surface area contributed by atoms with Crippen LogP contribution in [0.4, 0.5) is 0 Å². The first-order valence-corrected chi connectivity index (χ1v) is 11.2. The van der Waals surface area contributed by atoms with Gasteiger partial charge in [-0.05, 0) is 46.4 Å². The number of hydrogen-bond donors (Lipinski definition) is 0. The Bertz CT molecular complexity index is 1030. The van der Waals surface area contributed by atoms with Gasteiger partial charge in [0.15, 0.2) is 0 Å². The van der Waals surface area contributed by atoms with Crippen molar-refractivity contribution in [3.63, 3.8) is 0 Å². The van der Waals surface area contributed by atoms with Gasteiger partial charge in [0.05, 0.1) is 21.1 Å². The molecule has 0 unspecified atom stereocenters. The molecular formula is C21H16Br2N2OS. The van der Waals surface area contributed by atoms with Crippen LogP contribution in [0.3, 0.4) is 0 Å². The Labute approximate surface area is 178 Å². The van der Waals surface area contributed by atoms with E-state index in [1.807, 2.05) is 6.07 Å². The predicted molar refractivity (Wildman–Crippen MR) is 116 cm³/mol. The van der Waals surface area contributed by atoms with Gasteiger partial charge in [-0.1, -0.05) is 51.8 Å². The fourth-order valence-electron chi connectivity index (χ4n) is 3.66. The lowest BCUT2D eigenvalue weighted by Crippen LogP contribution is -2.33. The summed E-state index contributed by atoms with van der Waals surface area (Å²) in [5.74, 6) is 0.910. The topological polar surface area (TPSA) is 24.8 Å². The molecule has 2 atom stereocenters. The van der Waals surface area contributed by atoms with Crippen LogP contribution in [-0.4, -0.2) is 10.7 Å². The van der Waals surface area contributed by atoms with Gasteiger partial charge in [0.2, 0.25) is 6.23 Å². The van der Waals surface area contributed by atoms with E-state index >= 15 is 0 Å². The second-order valence-corrected chi connectivity index (χ2v) is 9.53. The molecule has 3 nitrogen and oxygen atoms in total. The average Bonchev–Trinajstić information content (AvgIpc) is 3.32. The number of fused-ring (bicyclic) bond motifs is 3. The molecule has 0 saturated heterocycles. The summed E-state index contributed by atoms with van der Waals surface area (Å²) in [6, 6.07) is 17.1. The molecule has 0 N–H and O–H groups in total. The third-order valence-electron chi connectivity index (χ3n) is 4.98. The van der Waals surface area contributed by atoms with Crippen LogP contribution in [0.15, 0.2) is 68.0 Å². The largest absolute Gasteiger partial charge is 0.463 e. The van der Waals surface area contributed by atoms with E-state index in [4.69, 9.17) is 9.84 Å². The maximum Gasteiger partial charge on any atom is 0.213 e. The lowest BCUT2D eigenvalue weighted by atomic mass is 9.97. The molecule has 1 aromatic heterocycles. The molecule has 0 bridgehead atoms. The highest BCUT2D eigenvalue weighted by Gasteiger charge is 2.42. The Kier molecular flexibility index (Phi) is 4.37. The molecule has 2 aliphatic heterocycles. The Morgan fingerprint density at radius 1 is 1.15 bits per heavy atom. The first-order chi connectivity index (χ1) is 13.1. The number of benzene rings is 2. The Balaban J connectivity index is 1.64. The van der Waals surface area contributed by atoms with E-state index in [-0.39, 0.29) is 12.3 Å². The average molecular weight is 504 g/mol. The molecule has 5 rings (SSSR count). The van der Waals surface area contributed by atoms with Crippen LogP contribution in [0.5, 0.6) is 5.75 Å². The summed E-state index contributed by atoms with van der Waals surface area (Å²) in [5.41, 5.74) is 4.64. The van der Waals surface area contributed by atoms with Crippen molar-refractivity contribution >= 4 is 48.9 Å². The summed E-state index contributed by atoms with van der Waals surface area (Å²) in [5, 5.41) is 9.22. The maximum absolute atomic E-state index is 6.48. The minimum atomic E-state index is -0.238. The molecule has 27 heavy (non-hydrogen) atoms. The highest BCUT2D eigenvalue weighted by atomic mass is 79.9. The van der Waals surface area contributed by atoms with E-state index in [1.54, 1.807) is 11.3 Å². The minimum absolute atomic E-state index is 0.158. The highest BCUT2D eigenvalue weighted by Crippen LogP contribution is 2.51. The smallest absolute Gasteiger partial charge is 0.213 e. The molecule has 3 aromatic rings. The van der Waals surface area contributed by atoms with Crippen LogP contribution in [0.25, 0.3) is 0 Å². The van der Waals surface area contributed by atoms with E-state index in [2.05, 4.69) is 91.6 Å². The standard InChI is InChI=1S/C21H16Br2N2OS/c1-12-4-6-13(7-5-12)21-25-18(11-17(24-25)19-3-2-8-27-19)15-9-14(22)10-16(23)20(15)26-21/h2-10,18,21H,11H2,1H3/t18-,21-/m0/s1. The molecule has 2 aromatic carbocycles. The Morgan fingerprint density at radius 2 is 1.96 bits per heavy atom. The number of rotatable bonds is 2. The molecule has 0 aliphatic carbocycles. The van der Waals surface area contributed by atoms with Gasteiger partial charge in [0, 0.05) is 22.0 Å². The van der Waals surface area contributed by atoms with Crippen LogP contribution in [0, 0.1) is 6.92 Å². The van der Waals surface area contributed by atoms with Gasteiger partial charge in [0.1, 0.15) is 5.75 Å². The SMILES string of the molecule is Cc1ccc([C@@H]2Oc3c(Br)cc(Br)cc3[C@@H]3CC(c4cccs4)=NN32)cc1. The van der Waals surface area contributed by atoms with E-state index in [1.165, 1.54) is 10.4 Å². The van der Waals surface area contributed by atoms with Crippen LogP contribution >= 0.6 is 43.2 Å². The number of hydrazone groups is 1. The van der Waals surface area contributed by atoms with Gasteiger partial charge in [0.25, 0.3) is 0 Å². The second kappa shape index (κ2) is 6.76. The van der Waals surface area contributed by atoms with Crippen molar-refractivity contribution in [2.24, 2.45) is 5.10 Å². The quantitative estimate of drug-likeness (QED) is 0.383. The third kappa shape index (κ3) is 3.04. The van der Waals surface area contributed by atoms with Gasteiger partial charge in [-0.25, -0.2) is 5.01 Å². The normalized spacial score (nSPS) is 20.7. The van der Waals surface area contributed by atoms with E-state index in [0.29, 0.717) is 0 Å². The first-order valence-electron chi connectivity index (χ1n) is 8.72. The predicted octanol–water partition coefficient (Wildman–Crippen LogP) is 6.82. The summed E-state index contributed by atoms with van der Waals surface area (Å²) >= 11 is 9.04. The summed E-state index contributed by atoms with van der Waals surface area (Å²) in [7, 11) is 0. The molecule has 0 amide bonds. The van der Waals surface area contributed by atoms with Crippen molar-refractivity contribution in [2.45, 2.75) is 25.6 Å². The molecule has 136 valence electrons. The minimum Gasteiger partial charge on any atom is -0.463 e.